The topological polar surface area (TPSA) is 112 Å². The zero-order valence-corrected chi connectivity index (χ0v) is 15.9. The molecule has 0 spiro atoms. The summed E-state index contributed by atoms with van der Waals surface area (Å²) in [5.74, 6) is -2.86. The van der Waals surface area contributed by atoms with Crippen LogP contribution in [0.25, 0.3) is 0 Å². The molecule has 2 atom stereocenters. The zero-order chi connectivity index (χ0) is 20.4. The first-order chi connectivity index (χ1) is 12.7. The largest absolute Gasteiger partial charge is 0.507 e. The van der Waals surface area contributed by atoms with Crippen LogP contribution in [0.1, 0.15) is 73.6 Å². The third-order valence-electron chi connectivity index (χ3n) is 5.09. The van der Waals surface area contributed by atoms with Crippen LogP contribution in [0.4, 0.5) is 0 Å². The molecule has 3 N–H and O–H groups in total. The molecule has 6 nitrogen and oxygen atoms in total. The number of hydrogen-bond acceptors (Lipinski definition) is 6. The molecule has 1 unspecified atom stereocenters. The molecule has 0 radical (unpaired) electrons. The Balaban J connectivity index is 2.64. The molecule has 0 aliphatic heterocycles. The molecule has 146 valence electrons. The molecule has 0 saturated carbocycles. The van der Waals surface area contributed by atoms with Crippen LogP contribution in [0.5, 0.6) is 11.5 Å². The number of allylic oxidation sites excluding steroid dienone is 1. The van der Waals surface area contributed by atoms with Crippen molar-refractivity contribution in [3.63, 3.8) is 0 Å². The average molecular weight is 374 g/mol. The third-order valence-corrected chi connectivity index (χ3v) is 5.09. The molecule has 6 heteroatoms. The number of benzene rings is 1. The van der Waals surface area contributed by atoms with Gasteiger partial charge in [0.1, 0.15) is 22.7 Å². The molecule has 0 aromatic heterocycles. The van der Waals surface area contributed by atoms with E-state index in [9.17, 15) is 29.7 Å². The summed E-state index contributed by atoms with van der Waals surface area (Å²) in [4.78, 5) is 39.1. The van der Waals surface area contributed by atoms with Gasteiger partial charge in [0.05, 0.1) is 17.2 Å². The number of Topliss-reactive ketones (excluding diaryl/α,β-unsaturated/α-hetero) is 3. The van der Waals surface area contributed by atoms with E-state index in [1.165, 1.54) is 0 Å². The van der Waals surface area contributed by atoms with Crippen LogP contribution in [-0.2, 0) is 4.79 Å². The van der Waals surface area contributed by atoms with Gasteiger partial charge in [-0.15, -0.1) is 0 Å². The Bertz CT molecular complexity index is 803. The summed E-state index contributed by atoms with van der Waals surface area (Å²) in [6.45, 7) is 5.54. The molecule has 1 aromatic carbocycles. The van der Waals surface area contributed by atoms with Crippen LogP contribution >= 0.6 is 0 Å². The fraction of sp³-hybridized carbons (Fsp3) is 0.476. The number of carbonyl (C=O) groups is 3. The molecule has 0 saturated heterocycles. The van der Waals surface area contributed by atoms with E-state index in [-0.39, 0.29) is 24.0 Å². The number of phenols is 2. The number of hydrogen-bond donors (Lipinski definition) is 3. The van der Waals surface area contributed by atoms with Crippen molar-refractivity contribution >= 4 is 17.3 Å². The Morgan fingerprint density at radius 1 is 1.19 bits per heavy atom. The number of carbonyl (C=O) groups excluding carboxylic acids is 3. The van der Waals surface area contributed by atoms with Crippen molar-refractivity contribution < 1.29 is 29.7 Å². The van der Waals surface area contributed by atoms with Gasteiger partial charge in [-0.3, -0.25) is 14.4 Å². The highest BCUT2D eigenvalue weighted by Crippen LogP contribution is 2.46. The van der Waals surface area contributed by atoms with Gasteiger partial charge in [-0.1, -0.05) is 25.0 Å². The number of rotatable bonds is 7. The van der Waals surface area contributed by atoms with Crippen LogP contribution in [-0.4, -0.2) is 38.8 Å². The molecule has 1 aliphatic carbocycles. The second kappa shape index (κ2) is 8.05. The minimum Gasteiger partial charge on any atom is -0.507 e. The van der Waals surface area contributed by atoms with Crippen molar-refractivity contribution in [3.8, 4) is 11.5 Å². The summed E-state index contributed by atoms with van der Waals surface area (Å²) in [7, 11) is 0. The van der Waals surface area contributed by atoms with Crippen LogP contribution in [0.15, 0.2) is 23.8 Å². The minimum atomic E-state index is -1.95. The minimum absolute atomic E-state index is 0.0358. The van der Waals surface area contributed by atoms with Gasteiger partial charge in [0.25, 0.3) is 0 Å². The number of aliphatic hydroxyl groups is 1. The number of unbranched alkanes of at least 4 members (excludes halogenated alkanes) is 1. The zero-order valence-electron chi connectivity index (χ0n) is 15.9. The molecule has 0 bridgehead atoms. The van der Waals surface area contributed by atoms with E-state index >= 15 is 0 Å². The van der Waals surface area contributed by atoms with Crippen molar-refractivity contribution in [3.05, 3.63) is 34.9 Å². The normalized spacial score (nSPS) is 20.1. The summed E-state index contributed by atoms with van der Waals surface area (Å²) in [5, 5.41) is 31.0. The number of aromatic hydroxyl groups is 2. The van der Waals surface area contributed by atoms with Crippen molar-refractivity contribution in [2.24, 2.45) is 5.41 Å². The van der Waals surface area contributed by atoms with E-state index in [1.54, 1.807) is 6.08 Å². The lowest BCUT2D eigenvalue weighted by molar-refractivity contribution is -0.132. The maximum atomic E-state index is 13.3. The van der Waals surface area contributed by atoms with Crippen LogP contribution in [0, 0.1) is 5.41 Å². The standard InChI is InChI=1S/C21H26O6/c1-4-5-6-16(25)21(17(26)10-7-12(2)3)11-15(24)18-13(22)8-9-14(23)19(18)20(21)27/h7-9,17,22-23,26H,4-6,10-11H2,1-3H3/t17-,21?/m1/s1. The van der Waals surface area contributed by atoms with E-state index in [0.717, 1.165) is 24.1 Å². The highest BCUT2D eigenvalue weighted by molar-refractivity contribution is 6.26. The maximum Gasteiger partial charge on any atom is 0.184 e. The molecular weight excluding hydrogens is 348 g/mol. The van der Waals surface area contributed by atoms with Crippen molar-refractivity contribution in [2.45, 2.75) is 59.0 Å². The van der Waals surface area contributed by atoms with Gasteiger partial charge in [0, 0.05) is 12.8 Å². The Morgan fingerprint density at radius 3 is 2.33 bits per heavy atom. The molecular formula is C21H26O6. The van der Waals surface area contributed by atoms with Crippen LogP contribution in [0.2, 0.25) is 0 Å². The average Bonchev–Trinajstić information content (AvgIpc) is 2.62. The predicted octanol–water partition coefficient (Wildman–Crippen LogP) is 3.33. The Hall–Kier alpha value is -2.47. The lowest BCUT2D eigenvalue weighted by Gasteiger charge is -2.38. The first-order valence-electron chi connectivity index (χ1n) is 9.14. The van der Waals surface area contributed by atoms with Crippen molar-refractivity contribution in [2.75, 3.05) is 0 Å². The van der Waals surface area contributed by atoms with Gasteiger partial charge in [-0.05, 0) is 38.8 Å². The lowest BCUT2D eigenvalue weighted by Crippen LogP contribution is -2.53. The number of ketones is 3. The number of fused-ring (bicyclic) bond motifs is 1. The Kier molecular flexibility index (Phi) is 6.21. The Labute approximate surface area is 158 Å². The molecule has 0 fully saturated rings. The Morgan fingerprint density at radius 2 is 1.78 bits per heavy atom. The summed E-state index contributed by atoms with van der Waals surface area (Å²) < 4.78 is 0. The lowest BCUT2D eigenvalue weighted by atomic mass is 9.62. The third kappa shape index (κ3) is 3.67. The van der Waals surface area contributed by atoms with Gasteiger partial charge in [0.15, 0.2) is 11.6 Å². The van der Waals surface area contributed by atoms with Gasteiger partial charge >= 0.3 is 0 Å². The van der Waals surface area contributed by atoms with E-state index in [1.807, 2.05) is 20.8 Å². The van der Waals surface area contributed by atoms with Crippen molar-refractivity contribution in [1.29, 1.82) is 0 Å². The van der Waals surface area contributed by atoms with Crippen LogP contribution < -0.4 is 0 Å². The number of phenolic OH excluding ortho intramolecular Hbond substituents is 2. The van der Waals surface area contributed by atoms with Gasteiger partial charge in [-0.2, -0.15) is 0 Å². The van der Waals surface area contributed by atoms with Gasteiger partial charge in [0.2, 0.25) is 0 Å². The summed E-state index contributed by atoms with van der Waals surface area (Å²) in [6.07, 6.45) is 1.12. The van der Waals surface area contributed by atoms with Crippen molar-refractivity contribution in [1.82, 2.24) is 0 Å². The molecule has 2 rings (SSSR count). The monoisotopic (exact) mass is 374 g/mol. The first-order valence-corrected chi connectivity index (χ1v) is 9.14. The quantitative estimate of drug-likeness (QED) is 0.383. The molecule has 27 heavy (non-hydrogen) atoms. The highest BCUT2D eigenvalue weighted by atomic mass is 16.3. The summed E-state index contributed by atoms with van der Waals surface area (Å²) >= 11 is 0. The fourth-order valence-corrected chi connectivity index (χ4v) is 3.53. The maximum absolute atomic E-state index is 13.3. The SMILES string of the molecule is CCCCC(=O)C1([C@H](O)CC=C(C)C)CC(=O)c2c(O)ccc(O)c2C1=O. The van der Waals surface area contributed by atoms with E-state index in [2.05, 4.69) is 0 Å². The predicted molar refractivity (Wildman–Crippen MR) is 100 cm³/mol. The fourth-order valence-electron chi connectivity index (χ4n) is 3.53. The smallest absolute Gasteiger partial charge is 0.184 e. The summed E-state index contributed by atoms with van der Waals surface area (Å²) in [6, 6.07) is 2.24. The molecule has 0 heterocycles. The van der Waals surface area contributed by atoms with Gasteiger partial charge in [-0.25, -0.2) is 0 Å². The molecule has 1 aliphatic rings. The van der Waals surface area contributed by atoms with E-state index in [0.29, 0.717) is 6.42 Å². The van der Waals surface area contributed by atoms with Crippen LogP contribution in [0.3, 0.4) is 0 Å². The number of aliphatic hydroxyl groups excluding tert-OH is 1. The second-order valence-electron chi connectivity index (χ2n) is 7.31. The second-order valence-corrected chi connectivity index (χ2v) is 7.31. The van der Waals surface area contributed by atoms with E-state index in [4.69, 9.17) is 0 Å². The molecule has 1 aromatic rings. The first kappa shape index (κ1) is 20.8. The molecule has 0 amide bonds. The summed E-state index contributed by atoms with van der Waals surface area (Å²) in [5.41, 5.74) is -1.71. The van der Waals surface area contributed by atoms with E-state index < -0.39 is 46.8 Å². The highest BCUT2D eigenvalue weighted by Gasteiger charge is 2.56. The van der Waals surface area contributed by atoms with Gasteiger partial charge < -0.3 is 15.3 Å².